The molecule has 94 heavy (non-hydrogen) atoms. The zero-order valence-electron chi connectivity index (χ0n) is 53.1. The summed E-state index contributed by atoms with van der Waals surface area (Å²) in [4.78, 5) is 49.2. The molecule has 1 saturated heterocycles. The molecule has 0 atom stereocenters. The normalized spacial score (nSPS) is 12.9. The number of hydrogen-bond donors (Lipinski definition) is 0. The van der Waals surface area contributed by atoms with E-state index in [0.29, 0.717) is 29.1 Å². The van der Waals surface area contributed by atoms with Gasteiger partial charge < -0.3 is 20.9 Å². The predicted molar refractivity (Wildman–Crippen MR) is 374 cm³/mol. The summed E-state index contributed by atoms with van der Waals surface area (Å²) < 4.78 is 17.9. The van der Waals surface area contributed by atoms with Crippen molar-refractivity contribution in [2.75, 3.05) is 0 Å². The van der Waals surface area contributed by atoms with Gasteiger partial charge in [0.15, 0.2) is 29.1 Å². The molecule has 0 unspecified atom stereocenters. The Kier molecular flexibility index (Phi) is 20.8. The molecule has 7 heterocycles. The summed E-state index contributed by atoms with van der Waals surface area (Å²) in [6, 6.07) is 82.4. The molecule has 0 aliphatic carbocycles. The number of fused-ring (bicyclic) bond motifs is 14. The number of carbonyl (C=O) groups is 1. The second-order valence-corrected chi connectivity index (χ2v) is 25.2. The number of carbonyl (C=O) groups excluding carboxylic acids is 1. The fourth-order valence-electron chi connectivity index (χ4n) is 11.5. The number of rotatable bonds is 7. The smallest absolute Gasteiger partial charge is 1.00 e. The maximum Gasteiger partial charge on any atom is 1.00 e. The molecule has 0 saturated carbocycles. The zero-order valence-corrected chi connectivity index (χ0v) is 60.7. The first kappa shape index (κ1) is 67.0. The van der Waals surface area contributed by atoms with Gasteiger partial charge in [0.05, 0.1) is 27.8 Å². The first-order chi connectivity index (χ1) is 44.9. The molecule has 1 aliphatic rings. The van der Waals surface area contributed by atoms with E-state index < -0.39 is 18.3 Å². The molecule has 13 nitrogen and oxygen atoms in total. The van der Waals surface area contributed by atoms with Crippen molar-refractivity contribution < 1.29 is 128 Å². The van der Waals surface area contributed by atoms with Gasteiger partial charge in [-0.25, -0.2) is 24.9 Å². The van der Waals surface area contributed by atoms with Crippen LogP contribution in [0.3, 0.4) is 0 Å². The number of benzene rings is 10. The van der Waals surface area contributed by atoms with Crippen LogP contribution in [0.25, 0.3) is 141 Å². The van der Waals surface area contributed by atoms with E-state index in [-0.39, 0.29) is 116 Å². The Bertz CT molecular complexity index is 5310. The summed E-state index contributed by atoms with van der Waals surface area (Å²) >= 11 is 9.65. The summed E-state index contributed by atoms with van der Waals surface area (Å²) in [5.74, 6) is 2.99. The van der Waals surface area contributed by atoms with Crippen LogP contribution >= 0.6 is 34.3 Å². The van der Waals surface area contributed by atoms with Crippen molar-refractivity contribution >= 4 is 137 Å². The summed E-state index contributed by atoms with van der Waals surface area (Å²) in [5.41, 5.74) is 6.45. The quantitative estimate of drug-likeness (QED) is 0.0486. The third-order valence-electron chi connectivity index (χ3n) is 16.5. The second kappa shape index (κ2) is 29.1. The van der Waals surface area contributed by atoms with Gasteiger partial charge in [-0.05, 0) is 86.5 Å². The van der Waals surface area contributed by atoms with Gasteiger partial charge in [-0.15, -0.1) is 22.7 Å². The van der Waals surface area contributed by atoms with E-state index in [9.17, 15) is 0 Å². The molecule has 6 aromatic heterocycles. The molecule has 16 aromatic rings. The molecule has 448 valence electrons. The minimum Gasteiger partial charge on any atom is -1.00 e. The average molecular weight is 1340 g/mol. The fraction of sp³-hybridized carbons (Fsp3) is 0.0800. The van der Waals surface area contributed by atoms with Gasteiger partial charge in [-0.2, -0.15) is 9.97 Å². The number of aromatic nitrogens is 8. The Hall–Kier alpha value is -7.02. The third-order valence-corrected chi connectivity index (χ3v) is 19.0. The van der Waals surface area contributed by atoms with Crippen molar-refractivity contribution in [2.24, 2.45) is 0 Å². The van der Waals surface area contributed by atoms with Crippen LogP contribution in [-0.4, -0.2) is 64.7 Å². The van der Waals surface area contributed by atoms with Gasteiger partial charge in [-0.3, -0.25) is 9.78 Å². The molecular weight excluding hydrogens is 1280 g/mol. The standard InChI is InChI=1S/C34H20N4S.C25H22BNO2S.C15H10ClN3.CH2O3.2K.H/c1-3-11-21(12-4-1)32-36-33(22-13-5-2-6-14-22)38-34(37-32)31-24-16-8-7-15-23(24)29-26(35-31)19-20-28-30(29)25-17-9-10-18-27(25)39-28;1-24(2)25(3,4)29-26(28-24)23-16-10-6-5-9-15(16)21-18(27-23)13-14-20-22(21)17-11-7-8-12-19(17)30-20;16-15-18-13(11-7-3-1-4-8-11)17-14(19-15)12-9-5-2-6-10-12;2-1-4-3;;;/h1-20H;5-14H,1-4H3;1-10H;1,3H;;;/q;;;;2*+1;-1/p-1. The number of pyridine rings is 2. The maximum atomic E-state index is 8.64. The van der Waals surface area contributed by atoms with E-state index in [1.807, 2.05) is 144 Å². The van der Waals surface area contributed by atoms with Crippen molar-refractivity contribution in [3.8, 4) is 57.1 Å². The van der Waals surface area contributed by atoms with Crippen LogP contribution in [0.15, 0.2) is 243 Å². The summed E-state index contributed by atoms with van der Waals surface area (Å²) in [6.07, 6.45) is 0. The van der Waals surface area contributed by atoms with E-state index in [2.05, 4.69) is 169 Å². The predicted octanol–water partition coefficient (Wildman–Crippen LogP) is 11.4. The summed E-state index contributed by atoms with van der Waals surface area (Å²) in [5, 5.41) is 20.6. The van der Waals surface area contributed by atoms with Crippen LogP contribution in [0.4, 0.5) is 0 Å². The zero-order chi connectivity index (χ0) is 62.9. The van der Waals surface area contributed by atoms with Crippen molar-refractivity contribution in [2.45, 2.75) is 38.9 Å². The van der Waals surface area contributed by atoms with Gasteiger partial charge in [-0.1, -0.05) is 206 Å². The first-order valence-electron chi connectivity index (χ1n) is 29.7. The topological polar surface area (TPSA) is 171 Å². The Labute approximate surface area is 641 Å². The van der Waals surface area contributed by atoms with Crippen molar-refractivity contribution in [1.82, 2.24) is 39.9 Å². The van der Waals surface area contributed by atoms with Crippen LogP contribution in [0.5, 0.6) is 0 Å². The molecule has 0 amide bonds. The molecule has 0 spiro atoms. The summed E-state index contributed by atoms with van der Waals surface area (Å²) in [6.45, 7) is 8.14. The van der Waals surface area contributed by atoms with Crippen molar-refractivity contribution in [1.29, 1.82) is 0 Å². The Morgan fingerprint density at radius 3 is 1.14 bits per heavy atom. The molecule has 10 aromatic carbocycles. The largest absolute Gasteiger partial charge is 1.00 e. The molecule has 0 radical (unpaired) electrons. The SMILES string of the molecule is CC1(C)OB(c2nc3ccc4sc5ccccc5c4c3c3ccccc23)OC1(C)C.Clc1nc(-c2ccccc2)nc(-c2ccccc2)n1.O=CO[O-].[H-].[K+].[K+].c1ccc(-c2nc(-c3ccccc3)nc(-c3nc4ccc5sc6ccccc6c5c4c4ccccc34)n2)cc1. The van der Waals surface area contributed by atoms with E-state index in [0.717, 1.165) is 60.7 Å². The van der Waals surface area contributed by atoms with Crippen LogP contribution < -0.4 is 114 Å². The molecule has 0 N–H and O–H groups in total. The summed E-state index contributed by atoms with van der Waals surface area (Å²) in [7, 11) is -0.487. The number of thiophene rings is 2. The maximum absolute atomic E-state index is 8.64. The van der Waals surface area contributed by atoms with Crippen LogP contribution in [0, 0.1) is 0 Å². The van der Waals surface area contributed by atoms with Gasteiger partial charge in [0.25, 0.3) is 6.47 Å². The van der Waals surface area contributed by atoms with Gasteiger partial charge in [0, 0.05) is 84.1 Å². The molecule has 1 fully saturated rings. The van der Waals surface area contributed by atoms with Gasteiger partial charge in [0.1, 0.15) is 5.69 Å². The second-order valence-electron chi connectivity index (χ2n) is 22.7. The molecule has 1 aliphatic heterocycles. The number of hydrogen-bond acceptors (Lipinski definition) is 15. The monoisotopic (exact) mass is 1330 g/mol. The van der Waals surface area contributed by atoms with E-state index in [1.54, 1.807) is 0 Å². The van der Waals surface area contributed by atoms with Gasteiger partial charge >= 0.3 is 110 Å². The Balaban J connectivity index is 0.000000146. The van der Waals surface area contributed by atoms with Gasteiger partial charge in [0.2, 0.25) is 5.28 Å². The minimum absolute atomic E-state index is 0. The van der Waals surface area contributed by atoms with E-state index in [1.165, 1.54) is 56.5 Å². The third kappa shape index (κ3) is 13.5. The molecule has 19 heteroatoms. The van der Waals surface area contributed by atoms with E-state index in [4.69, 9.17) is 55.9 Å². The number of nitrogens with zero attached hydrogens (tertiary/aromatic N) is 8. The average Bonchev–Trinajstić information content (AvgIpc) is 1.72. The first-order valence-corrected chi connectivity index (χ1v) is 31.7. The van der Waals surface area contributed by atoms with Crippen molar-refractivity contribution in [3.63, 3.8) is 0 Å². The van der Waals surface area contributed by atoms with Crippen molar-refractivity contribution in [3.05, 3.63) is 248 Å². The fourth-order valence-corrected chi connectivity index (χ4v) is 13.9. The molecule has 17 rings (SSSR count). The Morgan fingerprint density at radius 2 is 0.723 bits per heavy atom. The molecular formula is C75H54BClK2N8O5S2. The minimum atomic E-state index is -0.487. The Morgan fingerprint density at radius 1 is 0.394 bits per heavy atom. The van der Waals surface area contributed by atoms with Crippen LogP contribution in [0.2, 0.25) is 5.28 Å². The molecule has 0 bridgehead atoms. The number of halogens is 1. The van der Waals surface area contributed by atoms with Crippen LogP contribution in [0.1, 0.15) is 29.1 Å². The van der Waals surface area contributed by atoms with E-state index >= 15 is 0 Å². The van der Waals surface area contributed by atoms with Crippen LogP contribution in [-0.2, 0) is 19.0 Å².